The third-order valence-corrected chi connectivity index (χ3v) is 3.99. The number of esters is 1. The first-order valence-electron chi connectivity index (χ1n) is 5.76. The maximum absolute atomic E-state index is 11.2. The van der Waals surface area contributed by atoms with Crippen molar-refractivity contribution in [3.63, 3.8) is 0 Å². The number of hydrogen-bond acceptors (Lipinski definition) is 9. The Bertz CT molecular complexity index is 640. The zero-order chi connectivity index (χ0) is 15.2. The lowest BCUT2D eigenvalue weighted by Gasteiger charge is -2.01. The molecule has 2 heterocycles. The number of aromatic nitrogens is 5. The zero-order valence-electron chi connectivity index (χ0n) is 11.3. The van der Waals surface area contributed by atoms with Gasteiger partial charge in [0, 0.05) is 18.1 Å². The predicted molar refractivity (Wildman–Crippen MR) is 75.8 cm³/mol. The molecule has 112 valence electrons. The van der Waals surface area contributed by atoms with E-state index in [1.807, 2.05) is 5.38 Å². The molecule has 0 unspecified atom stereocenters. The summed E-state index contributed by atoms with van der Waals surface area (Å²) >= 11 is 2.69. The number of nitrogens with one attached hydrogen (secondary N) is 1. The normalized spacial score (nSPS) is 10.4. The van der Waals surface area contributed by atoms with Crippen LogP contribution in [0.1, 0.15) is 12.6 Å². The number of carbonyl (C=O) groups excluding carboxylic acids is 2. The van der Waals surface area contributed by atoms with Crippen molar-refractivity contribution in [2.24, 2.45) is 0 Å². The molecule has 11 heteroatoms. The van der Waals surface area contributed by atoms with Crippen LogP contribution in [0.3, 0.4) is 0 Å². The van der Waals surface area contributed by atoms with Crippen molar-refractivity contribution in [1.29, 1.82) is 0 Å². The average molecular weight is 328 g/mol. The third kappa shape index (κ3) is 4.49. The number of amides is 1. The molecule has 0 fully saturated rings. The topological polar surface area (TPSA) is 112 Å². The summed E-state index contributed by atoms with van der Waals surface area (Å²) in [5.41, 5.74) is 0.793. The van der Waals surface area contributed by atoms with Crippen LogP contribution in [-0.4, -0.2) is 44.2 Å². The zero-order valence-corrected chi connectivity index (χ0v) is 12.9. The van der Waals surface area contributed by atoms with Gasteiger partial charge in [-0.15, -0.1) is 16.4 Å². The molecule has 2 aromatic rings. The maximum Gasteiger partial charge on any atom is 0.327 e. The molecule has 1 N–H and O–H groups in total. The lowest BCUT2D eigenvalue weighted by molar-refractivity contribution is -0.141. The van der Waals surface area contributed by atoms with E-state index in [4.69, 9.17) is 0 Å². The van der Waals surface area contributed by atoms with Crippen molar-refractivity contribution in [3.8, 4) is 0 Å². The van der Waals surface area contributed by atoms with Crippen LogP contribution in [0.25, 0.3) is 0 Å². The fourth-order valence-electron chi connectivity index (χ4n) is 1.31. The summed E-state index contributed by atoms with van der Waals surface area (Å²) in [7, 11) is 1.30. The van der Waals surface area contributed by atoms with E-state index in [0.29, 0.717) is 16.0 Å². The predicted octanol–water partition coefficient (Wildman–Crippen LogP) is 0.553. The monoisotopic (exact) mass is 328 g/mol. The summed E-state index contributed by atoms with van der Waals surface area (Å²) in [4.78, 5) is 26.4. The number of ether oxygens (including phenoxy) is 1. The number of hydrogen-bond donors (Lipinski definition) is 1. The van der Waals surface area contributed by atoms with Gasteiger partial charge in [-0.2, -0.15) is 0 Å². The number of rotatable bonds is 6. The average Bonchev–Trinajstić information content (AvgIpc) is 3.05. The summed E-state index contributed by atoms with van der Waals surface area (Å²) in [5.74, 6) is -0.0613. The first kappa shape index (κ1) is 15.4. The van der Waals surface area contributed by atoms with Gasteiger partial charge < -0.3 is 10.1 Å². The Kier molecular flexibility index (Phi) is 5.22. The van der Waals surface area contributed by atoms with Crippen LogP contribution in [0.2, 0.25) is 0 Å². The van der Waals surface area contributed by atoms with Gasteiger partial charge in [-0.05, 0) is 10.4 Å². The molecule has 0 saturated carbocycles. The Hall–Kier alpha value is -2.01. The smallest absolute Gasteiger partial charge is 0.327 e. The number of tetrazole rings is 1. The molecule has 0 radical (unpaired) electrons. The molecule has 21 heavy (non-hydrogen) atoms. The molecule has 2 rings (SSSR count). The summed E-state index contributed by atoms with van der Waals surface area (Å²) in [5, 5.41) is 16.6. The largest absolute Gasteiger partial charge is 0.468 e. The van der Waals surface area contributed by atoms with Crippen molar-refractivity contribution in [1.82, 2.24) is 25.2 Å². The number of carbonyl (C=O) groups is 2. The SMILES string of the molecule is COC(=O)Cn1nnnc1SCc1csc(NC(C)=O)n1. The molecule has 0 aliphatic heterocycles. The van der Waals surface area contributed by atoms with E-state index >= 15 is 0 Å². The fraction of sp³-hybridized carbons (Fsp3) is 0.400. The maximum atomic E-state index is 11.2. The van der Waals surface area contributed by atoms with E-state index in [9.17, 15) is 9.59 Å². The second-order valence-corrected chi connectivity index (χ2v) is 5.61. The van der Waals surface area contributed by atoms with E-state index in [1.165, 1.54) is 41.8 Å². The minimum Gasteiger partial charge on any atom is -0.468 e. The Morgan fingerprint density at radius 3 is 3.05 bits per heavy atom. The molecular formula is C10H12N6O3S2. The molecule has 9 nitrogen and oxygen atoms in total. The molecule has 0 aliphatic rings. The standard InChI is InChI=1S/C10H12N6O3S2/c1-6(17)11-9-12-7(4-20-9)5-21-10-13-14-15-16(10)3-8(18)19-2/h4H,3,5H2,1-2H3,(H,11,12,17). The summed E-state index contributed by atoms with van der Waals surface area (Å²) < 4.78 is 5.92. The number of nitrogens with zero attached hydrogens (tertiary/aromatic N) is 5. The molecule has 1 amide bonds. The number of anilines is 1. The third-order valence-electron chi connectivity index (χ3n) is 2.19. The van der Waals surface area contributed by atoms with E-state index in [-0.39, 0.29) is 12.5 Å². The van der Waals surface area contributed by atoms with Crippen LogP contribution in [0.15, 0.2) is 10.5 Å². The van der Waals surface area contributed by atoms with E-state index < -0.39 is 5.97 Å². The highest BCUT2D eigenvalue weighted by atomic mass is 32.2. The van der Waals surface area contributed by atoms with E-state index in [2.05, 4.69) is 30.6 Å². The van der Waals surface area contributed by atoms with Crippen LogP contribution in [0.5, 0.6) is 0 Å². The van der Waals surface area contributed by atoms with E-state index in [1.54, 1.807) is 0 Å². The number of thioether (sulfide) groups is 1. The second-order valence-electron chi connectivity index (χ2n) is 3.81. The second kappa shape index (κ2) is 7.13. The van der Waals surface area contributed by atoms with Crippen molar-refractivity contribution < 1.29 is 14.3 Å². The highest BCUT2D eigenvalue weighted by Gasteiger charge is 2.12. The molecule has 0 spiro atoms. The highest BCUT2D eigenvalue weighted by molar-refractivity contribution is 7.98. The number of thiazole rings is 1. The minimum absolute atomic E-state index is 0.0416. The summed E-state index contributed by atoms with van der Waals surface area (Å²) in [6.07, 6.45) is 0. The lowest BCUT2D eigenvalue weighted by Crippen LogP contribution is -2.13. The van der Waals surface area contributed by atoms with Gasteiger partial charge in [0.25, 0.3) is 0 Å². The molecule has 0 aromatic carbocycles. The Morgan fingerprint density at radius 1 is 1.52 bits per heavy atom. The van der Waals surface area contributed by atoms with Gasteiger partial charge >= 0.3 is 5.97 Å². The van der Waals surface area contributed by atoms with Crippen molar-refractivity contribution in [2.45, 2.75) is 24.4 Å². The van der Waals surface area contributed by atoms with E-state index in [0.717, 1.165) is 5.69 Å². The van der Waals surface area contributed by atoms with Gasteiger partial charge in [0.15, 0.2) is 5.13 Å². The van der Waals surface area contributed by atoms with Crippen LogP contribution < -0.4 is 5.32 Å². The fourth-order valence-corrected chi connectivity index (χ4v) is 2.94. The van der Waals surface area contributed by atoms with Gasteiger partial charge in [0.05, 0.1) is 12.8 Å². The van der Waals surface area contributed by atoms with Crippen molar-refractivity contribution in [2.75, 3.05) is 12.4 Å². The Balaban J connectivity index is 1.94. The summed E-state index contributed by atoms with van der Waals surface area (Å²) in [6, 6.07) is 0. The molecule has 2 aromatic heterocycles. The Morgan fingerprint density at radius 2 is 2.33 bits per heavy atom. The lowest BCUT2D eigenvalue weighted by atomic mass is 10.6. The van der Waals surface area contributed by atoms with Crippen molar-refractivity contribution in [3.05, 3.63) is 11.1 Å². The van der Waals surface area contributed by atoms with Crippen molar-refractivity contribution >= 4 is 40.1 Å². The molecule has 0 aliphatic carbocycles. The molecule has 0 bridgehead atoms. The van der Waals surface area contributed by atoms with Crippen LogP contribution >= 0.6 is 23.1 Å². The molecule has 0 saturated heterocycles. The van der Waals surface area contributed by atoms with Gasteiger partial charge in [0.2, 0.25) is 11.1 Å². The highest BCUT2D eigenvalue weighted by Crippen LogP contribution is 2.23. The first-order valence-corrected chi connectivity index (χ1v) is 7.62. The minimum atomic E-state index is -0.425. The molecular weight excluding hydrogens is 316 g/mol. The first-order chi connectivity index (χ1) is 10.1. The quantitative estimate of drug-likeness (QED) is 0.604. The Labute approximate surface area is 128 Å². The van der Waals surface area contributed by atoms with Gasteiger partial charge in [0.1, 0.15) is 6.54 Å². The van der Waals surface area contributed by atoms with Gasteiger partial charge in [-0.25, -0.2) is 9.67 Å². The van der Waals surface area contributed by atoms with Crippen LogP contribution in [0.4, 0.5) is 5.13 Å². The van der Waals surface area contributed by atoms with Crippen LogP contribution in [0, 0.1) is 0 Å². The van der Waals surface area contributed by atoms with Gasteiger partial charge in [-0.3, -0.25) is 9.59 Å². The summed E-state index contributed by atoms with van der Waals surface area (Å²) in [6.45, 7) is 1.39. The van der Waals surface area contributed by atoms with Gasteiger partial charge in [-0.1, -0.05) is 11.8 Å². The molecule has 0 atom stereocenters. The number of methoxy groups -OCH3 is 1. The van der Waals surface area contributed by atoms with Crippen LogP contribution in [-0.2, 0) is 26.6 Å².